The second kappa shape index (κ2) is 7.56. The number of amides is 2. The Morgan fingerprint density at radius 3 is 2.88 bits per heavy atom. The van der Waals surface area contributed by atoms with E-state index in [2.05, 4.69) is 10.5 Å². The Kier molecular flexibility index (Phi) is 5.21. The summed E-state index contributed by atoms with van der Waals surface area (Å²) in [6, 6.07) is 6.14. The molecule has 0 atom stereocenters. The van der Waals surface area contributed by atoms with E-state index in [9.17, 15) is 19.7 Å². The molecule has 1 aromatic carbocycles. The molecule has 9 nitrogen and oxygen atoms in total. The fourth-order valence-electron chi connectivity index (χ4n) is 2.65. The lowest BCUT2D eigenvalue weighted by Gasteiger charge is -2.16. The van der Waals surface area contributed by atoms with Gasteiger partial charge in [-0.15, -0.1) is 11.8 Å². The third-order valence-corrected chi connectivity index (χ3v) is 4.75. The van der Waals surface area contributed by atoms with Crippen LogP contribution >= 0.6 is 11.8 Å². The van der Waals surface area contributed by atoms with Crippen LogP contribution in [0.1, 0.15) is 11.3 Å². The highest BCUT2D eigenvalue weighted by atomic mass is 32.2. The Morgan fingerprint density at radius 2 is 2.19 bits per heavy atom. The average molecular weight is 376 g/mol. The van der Waals surface area contributed by atoms with E-state index < -0.39 is 4.92 Å². The van der Waals surface area contributed by atoms with Crippen molar-refractivity contribution in [3.05, 3.63) is 45.7 Å². The van der Waals surface area contributed by atoms with Crippen LogP contribution in [0.3, 0.4) is 0 Å². The van der Waals surface area contributed by atoms with E-state index in [-0.39, 0.29) is 29.0 Å². The summed E-state index contributed by atoms with van der Waals surface area (Å²) in [7, 11) is 0. The molecular weight excluding hydrogens is 360 g/mol. The molecule has 1 aliphatic rings. The largest absolute Gasteiger partial charge is 0.360 e. The SMILES string of the molecule is Cc1cc(NC(=O)CSCC(=O)N2CCc3ccc([N+](=O)[O-])cc32)no1. The van der Waals surface area contributed by atoms with Crippen molar-refractivity contribution in [1.29, 1.82) is 0 Å². The molecule has 0 fully saturated rings. The number of aryl methyl sites for hydroxylation is 1. The maximum absolute atomic E-state index is 12.4. The number of thioether (sulfide) groups is 1. The first-order chi connectivity index (χ1) is 12.4. The summed E-state index contributed by atoms with van der Waals surface area (Å²) in [6.07, 6.45) is 0.662. The van der Waals surface area contributed by atoms with Crippen LogP contribution in [0, 0.1) is 17.0 Å². The minimum Gasteiger partial charge on any atom is -0.360 e. The molecule has 136 valence electrons. The van der Waals surface area contributed by atoms with E-state index in [0.29, 0.717) is 30.2 Å². The van der Waals surface area contributed by atoms with E-state index in [1.165, 1.54) is 28.8 Å². The highest BCUT2D eigenvalue weighted by Gasteiger charge is 2.26. The van der Waals surface area contributed by atoms with Gasteiger partial charge in [0.15, 0.2) is 5.82 Å². The van der Waals surface area contributed by atoms with Crippen molar-refractivity contribution in [1.82, 2.24) is 5.16 Å². The fraction of sp³-hybridized carbons (Fsp3) is 0.312. The number of hydrogen-bond acceptors (Lipinski definition) is 7. The third kappa shape index (κ3) is 4.02. The van der Waals surface area contributed by atoms with Gasteiger partial charge in [-0.05, 0) is 18.9 Å². The van der Waals surface area contributed by atoms with Gasteiger partial charge in [0.05, 0.1) is 22.1 Å². The second-order valence-electron chi connectivity index (χ2n) is 5.73. The summed E-state index contributed by atoms with van der Waals surface area (Å²) >= 11 is 1.17. The number of carbonyl (C=O) groups is 2. The number of carbonyl (C=O) groups excluding carboxylic acids is 2. The molecule has 2 amide bonds. The molecule has 1 aliphatic heterocycles. The molecule has 0 bridgehead atoms. The Hall–Kier alpha value is -2.88. The summed E-state index contributed by atoms with van der Waals surface area (Å²) in [5.74, 6) is 0.652. The highest BCUT2D eigenvalue weighted by Crippen LogP contribution is 2.32. The first kappa shape index (κ1) is 17.9. The maximum Gasteiger partial charge on any atom is 0.271 e. The number of rotatable bonds is 6. The van der Waals surface area contributed by atoms with Crippen LogP contribution < -0.4 is 10.2 Å². The number of nitro groups is 1. The molecule has 0 aliphatic carbocycles. The first-order valence-electron chi connectivity index (χ1n) is 7.82. The zero-order chi connectivity index (χ0) is 18.7. The van der Waals surface area contributed by atoms with Crippen LogP contribution in [0.2, 0.25) is 0 Å². The molecule has 1 aromatic heterocycles. The van der Waals surface area contributed by atoms with Gasteiger partial charge in [0.2, 0.25) is 11.8 Å². The van der Waals surface area contributed by atoms with Crippen molar-refractivity contribution in [3.8, 4) is 0 Å². The predicted octanol–water partition coefficient (Wildman–Crippen LogP) is 2.15. The number of nitrogens with zero attached hydrogens (tertiary/aromatic N) is 3. The van der Waals surface area contributed by atoms with Crippen LogP contribution in [-0.4, -0.2) is 39.9 Å². The molecular formula is C16H16N4O5S. The van der Waals surface area contributed by atoms with Crippen molar-refractivity contribution < 1.29 is 19.0 Å². The molecule has 0 radical (unpaired) electrons. The van der Waals surface area contributed by atoms with E-state index in [0.717, 1.165) is 5.56 Å². The van der Waals surface area contributed by atoms with Gasteiger partial charge < -0.3 is 14.7 Å². The molecule has 1 N–H and O–H groups in total. The zero-order valence-electron chi connectivity index (χ0n) is 13.9. The minimum atomic E-state index is -0.480. The molecule has 2 heterocycles. The van der Waals surface area contributed by atoms with Gasteiger partial charge in [0.1, 0.15) is 5.76 Å². The highest BCUT2D eigenvalue weighted by molar-refractivity contribution is 8.00. The van der Waals surface area contributed by atoms with Crippen molar-refractivity contribution in [2.75, 3.05) is 28.3 Å². The molecule has 2 aromatic rings. The standard InChI is InChI=1S/C16H16N4O5S/c1-10-6-14(18-25-10)17-15(21)8-26-9-16(22)19-5-4-11-2-3-12(20(23)24)7-13(11)19/h2-3,6-7H,4-5,8-9H2,1H3,(H,17,18,21). The zero-order valence-corrected chi connectivity index (χ0v) is 14.7. The van der Waals surface area contributed by atoms with Crippen LogP contribution in [0.25, 0.3) is 0 Å². The van der Waals surface area contributed by atoms with Gasteiger partial charge in [-0.3, -0.25) is 19.7 Å². The van der Waals surface area contributed by atoms with Crippen molar-refractivity contribution >= 4 is 40.8 Å². The average Bonchev–Trinajstić information content (AvgIpc) is 3.20. The monoisotopic (exact) mass is 376 g/mol. The lowest BCUT2D eigenvalue weighted by atomic mass is 10.1. The van der Waals surface area contributed by atoms with Gasteiger partial charge in [0, 0.05) is 24.7 Å². The van der Waals surface area contributed by atoms with E-state index >= 15 is 0 Å². The number of fused-ring (bicyclic) bond motifs is 1. The summed E-state index contributed by atoms with van der Waals surface area (Å²) in [5.41, 5.74) is 1.44. The summed E-state index contributed by atoms with van der Waals surface area (Å²) in [6.45, 7) is 2.20. The Labute approximate surface area is 152 Å². The van der Waals surface area contributed by atoms with Gasteiger partial charge >= 0.3 is 0 Å². The number of non-ortho nitro benzene ring substituents is 1. The Morgan fingerprint density at radius 1 is 1.38 bits per heavy atom. The molecule has 0 spiro atoms. The van der Waals surface area contributed by atoms with Crippen LogP contribution in [0.4, 0.5) is 17.2 Å². The smallest absolute Gasteiger partial charge is 0.271 e. The van der Waals surface area contributed by atoms with Crippen molar-refractivity contribution in [2.45, 2.75) is 13.3 Å². The number of anilines is 2. The Balaban J connectivity index is 1.53. The first-order valence-corrected chi connectivity index (χ1v) is 8.98. The Bertz CT molecular complexity index is 866. The van der Waals surface area contributed by atoms with Crippen molar-refractivity contribution in [3.63, 3.8) is 0 Å². The molecule has 0 saturated heterocycles. The fourth-order valence-corrected chi connectivity index (χ4v) is 3.34. The number of nitrogens with one attached hydrogen (secondary N) is 1. The predicted molar refractivity (Wildman–Crippen MR) is 96.3 cm³/mol. The van der Waals surface area contributed by atoms with Crippen LogP contribution in [-0.2, 0) is 16.0 Å². The van der Waals surface area contributed by atoms with E-state index in [1.807, 2.05) is 0 Å². The molecule has 26 heavy (non-hydrogen) atoms. The lowest BCUT2D eigenvalue weighted by Crippen LogP contribution is -2.31. The topological polar surface area (TPSA) is 119 Å². The number of hydrogen-bond donors (Lipinski definition) is 1. The van der Waals surface area contributed by atoms with Gasteiger partial charge in [-0.2, -0.15) is 0 Å². The van der Waals surface area contributed by atoms with Crippen LogP contribution in [0.5, 0.6) is 0 Å². The number of aromatic nitrogens is 1. The minimum absolute atomic E-state index is 0.0432. The van der Waals surface area contributed by atoms with Gasteiger partial charge in [-0.1, -0.05) is 11.2 Å². The normalized spacial score (nSPS) is 12.7. The maximum atomic E-state index is 12.4. The van der Waals surface area contributed by atoms with Gasteiger partial charge in [0.25, 0.3) is 5.69 Å². The lowest BCUT2D eigenvalue weighted by molar-refractivity contribution is -0.384. The van der Waals surface area contributed by atoms with Crippen LogP contribution in [0.15, 0.2) is 28.8 Å². The van der Waals surface area contributed by atoms with E-state index in [4.69, 9.17) is 4.52 Å². The summed E-state index contributed by atoms with van der Waals surface area (Å²) < 4.78 is 4.86. The quantitative estimate of drug-likeness (QED) is 0.606. The number of nitro benzene ring substituents is 1. The van der Waals surface area contributed by atoms with Crippen molar-refractivity contribution in [2.24, 2.45) is 0 Å². The second-order valence-corrected chi connectivity index (χ2v) is 6.71. The summed E-state index contributed by atoms with van der Waals surface area (Å²) in [4.78, 5) is 36.2. The molecule has 0 unspecified atom stereocenters. The van der Waals surface area contributed by atoms with Gasteiger partial charge in [-0.25, -0.2) is 0 Å². The summed E-state index contributed by atoms with van der Waals surface area (Å²) in [5, 5.41) is 17.2. The third-order valence-electron chi connectivity index (χ3n) is 3.83. The molecule has 3 rings (SSSR count). The van der Waals surface area contributed by atoms with E-state index in [1.54, 1.807) is 19.1 Å². The molecule has 0 saturated carbocycles. The molecule has 10 heteroatoms. The number of benzene rings is 1.